The summed E-state index contributed by atoms with van der Waals surface area (Å²) < 4.78 is 28.1. The number of benzene rings is 2. The van der Waals surface area contributed by atoms with E-state index in [1.807, 2.05) is 5.38 Å². The average Bonchev–Trinajstić information content (AvgIpc) is 3.05. The Kier molecular flexibility index (Phi) is 3.89. The normalized spacial score (nSPS) is 11.1. The van der Waals surface area contributed by atoms with Gasteiger partial charge in [-0.3, -0.25) is 9.36 Å². The van der Waals surface area contributed by atoms with E-state index in [0.717, 1.165) is 16.7 Å². The van der Waals surface area contributed by atoms with Crippen molar-refractivity contribution in [1.82, 2.24) is 9.55 Å². The summed E-state index contributed by atoms with van der Waals surface area (Å²) in [5, 5.41) is 1.86. The molecular weight excluding hydrogens is 342 g/mol. The van der Waals surface area contributed by atoms with Gasteiger partial charge in [0.25, 0.3) is 5.56 Å². The highest BCUT2D eigenvalue weighted by Crippen LogP contribution is 2.30. The van der Waals surface area contributed by atoms with Crippen LogP contribution in [0.4, 0.5) is 8.78 Å². The molecule has 124 valence electrons. The summed E-state index contributed by atoms with van der Waals surface area (Å²) in [6.07, 6.45) is 1.49. The first-order chi connectivity index (χ1) is 12.1. The number of nitrogens with zero attached hydrogens (tertiary/aromatic N) is 2. The Morgan fingerprint density at radius 3 is 2.28 bits per heavy atom. The smallest absolute Gasteiger partial charge is 0.271 e. The van der Waals surface area contributed by atoms with Gasteiger partial charge in [-0.15, -0.1) is 11.3 Å². The van der Waals surface area contributed by atoms with Gasteiger partial charge in [0.1, 0.15) is 16.3 Å². The lowest BCUT2D eigenvalue weighted by Crippen LogP contribution is -2.20. The van der Waals surface area contributed by atoms with Crippen molar-refractivity contribution in [3.63, 3.8) is 0 Å². The average molecular weight is 354 g/mol. The van der Waals surface area contributed by atoms with Crippen LogP contribution in [-0.4, -0.2) is 9.55 Å². The first-order valence-corrected chi connectivity index (χ1v) is 8.47. The van der Waals surface area contributed by atoms with E-state index in [1.54, 1.807) is 24.3 Å². The Morgan fingerprint density at radius 2 is 1.60 bits per heavy atom. The molecule has 0 amide bonds. The summed E-state index contributed by atoms with van der Waals surface area (Å²) in [7, 11) is 0. The van der Waals surface area contributed by atoms with Gasteiger partial charge in [0.2, 0.25) is 0 Å². The third-order valence-corrected chi connectivity index (χ3v) is 4.92. The van der Waals surface area contributed by atoms with Gasteiger partial charge in [-0.05, 0) is 35.4 Å². The molecule has 0 fully saturated rings. The molecule has 4 aromatic rings. The molecule has 25 heavy (non-hydrogen) atoms. The fourth-order valence-electron chi connectivity index (χ4n) is 2.68. The van der Waals surface area contributed by atoms with Crippen molar-refractivity contribution in [3.8, 4) is 11.1 Å². The minimum atomic E-state index is -0.313. The van der Waals surface area contributed by atoms with Crippen molar-refractivity contribution in [2.75, 3.05) is 0 Å². The summed E-state index contributed by atoms with van der Waals surface area (Å²) >= 11 is 1.32. The number of fused-ring (bicyclic) bond motifs is 1. The summed E-state index contributed by atoms with van der Waals surface area (Å²) in [4.78, 5) is 17.1. The van der Waals surface area contributed by atoms with Crippen molar-refractivity contribution in [2.24, 2.45) is 0 Å². The van der Waals surface area contributed by atoms with Crippen LogP contribution in [0.1, 0.15) is 5.56 Å². The topological polar surface area (TPSA) is 34.9 Å². The van der Waals surface area contributed by atoms with E-state index in [9.17, 15) is 13.6 Å². The van der Waals surface area contributed by atoms with Gasteiger partial charge in [-0.1, -0.05) is 24.3 Å². The van der Waals surface area contributed by atoms with E-state index < -0.39 is 0 Å². The molecular formula is C19H12F2N2OS. The molecule has 0 bridgehead atoms. The molecule has 2 aromatic carbocycles. The van der Waals surface area contributed by atoms with Crippen LogP contribution in [0.25, 0.3) is 21.3 Å². The highest BCUT2D eigenvalue weighted by molar-refractivity contribution is 7.17. The molecule has 0 saturated heterocycles. The fourth-order valence-corrected chi connectivity index (χ4v) is 3.65. The maximum absolute atomic E-state index is 13.1. The SMILES string of the molecule is O=c1c2scc(-c3ccc(F)cc3)c2ncn1Cc1ccc(F)cc1. The Balaban J connectivity index is 1.75. The van der Waals surface area contributed by atoms with Gasteiger partial charge in [0, 0.05) is 10.9 Å². The van der Waals surface area contributed by atoms with Crippen molar-refractivity contribution in [3.05, 3.63) is 87.8 Å². The number of hydrogen-bond donors (Lipinski definition) is 0. The van der Waals surface area contributed by atoms with Crippen LogP contribution in [0.3, 0.4) is 0 Å². The molecule has 2 aromatic heterocycles. The first kappa shape index (κ1) is 15.7. The molecule has 4 rings (SSSR count). The van der Waals surface area contributed by atoms with Crippen LogP contribution < -0.4 is 5.56 Å². The highest BCUT2D eigenvalue weighted by Gasteiger charge is 2.12. The molecule has 0 aliphatic heterocycles. The lowest BCUT2D eigenvalue weighted by atomic mass is 10.1. The molecule has 3 nitrogen and oxygen atoms in total. The second-order valence-corrected chi connectivity index (χ2v) is 6.52. The lowest BCUT2D eigenvalue weighted by molar-refractivity contribution is 0.626. The quantitative estimate of drug-likeness (QED) is 0.545. The molecule has 0 saturated carbocycles. The zero-order valence-electron chi connectivity index (χ0n) is 12.9. The third kappa shape index (κ3) is 2.96. The zero-order valence-corrected chi connectivity index (χ0v) is 13.8. The van der Waals surface area contributed by atoms with E-state index >= 15 is 0 Å². The fraction of sp³-hybridized carbons (Fsp3) is 0.0526. The number of halogens is 2. The summed E-state index contributed by atoms with van der Waals surface area (Å²) in [5.74, 6) is -0.621. The van der Waals surface area contributed by atoms with Gasteiger partial charge >= 0.3 is 0 Å². The predicted octanol–water partition coefficient (Wildman–Crippen LogP) is 4.45. The van der Waals surface area contributed by atoms with E-state index in [4.69, 9.17) is 0 Å². The van der Waals surface area contributed by atoms with Crippen molar-refractivity contribution < 1.29 is 8.78 Å². The van der Waals surface area contributed by atoms with Gasteiger partial charge in [0.15, 0.2) is 0 Å². The van der Waals surface area contributed by atoms with Crippen LogP contribution >= 0.6 is 11.3 Å². The third-order valence-electron chi connectivity index (χ3n) is 3.97. The van der Waals surface area contributed by atoms with Crippen LogP contribution in [0.15, 0.2) is 65.0 Å². The largest absolute Gasteiger partial charge is 0.294 e. The molecule has 2 heterocycles. The molecule has 0 aliphatic carbocycles. The zero-order chi connectivity index (χ0) is 17.4. The van der Waals surface area contributed by atoms with E-state index in [-0.39, 0.29) is 17.2 Å². The van der Waals surface area contributed by atoms with E-state index in [1.165, 1.54) is 46.5 Å². The minimum absolute atomic E-state index is 0.146. The monoisotopic (exact) mass is 354 g/mol. The summed E-state index contributed by atoms with van der Waals surface area (Å²) in [6, 6.07) is 12.1. The Hall–Kier alpha value is -2.86. The van der Waals surface area contributed by atoms with Crippen molar-refractivity contribution in [2.45, 2.75) is 6.54 Å². The van der Waals surface area contributed by atoms with Crippen molar-refractivity contribution >= 4 is 21.6 Å². The molecule has 0 spiro atoms. The molecule has 0 radical (unpaired) electrons. The highest BCUT2D eigenvalue weighted by atomic mass is 32.1. The first-order valence-electron chi connectivity index (χ1n) is 7.59. The Morgan fingerprint density at radius 1 is 0.960 bits per heavy atom. The summed E-state index contributed by atoms with van der Waals surface area (Å²) in [5.41, 5.74) is 2.91. The van der Waals surface area contributed by atoms with E-state index in [0.29, 0.717) is 16.8 Å². The Bertz CT molecular complexity index is 1100. The summed E-state index contributed by atoms with van der Waals surface area (Å²) in [6.45, 7) is 0.325. The minimum Gasteiger partial charge on any atom is -0.294 e. The Labute approximate surface area is 145 Å². The number of rotatable bonds is 3. The van der Waals surface area contributed by atoms with Gasteiger partial charge in [-0.2, -0.15) is 0 Å². The molecule has 0 N–H and O–H groups in total. The van der Waals surface area contributed by atoms with Gasteiger partial charge in [-0.25, -0.2) is 13.8 Å². The number of thiophene rings is 1. The maximum Gasteiger partial charge on any atom is 0.271 e. The van der Waals surface area contributed by atoms with Crippen LogP contribution in [0, 0.1) is 11.6 Å². The van der Waals surface area contributed by atoms with Crippen LogP contribution in [0.5, 0.6) is 0 Å². The molecule has 0 unspecified atom stereocenters. The lowest BCUT2D eigenvalue weighted by Gasteiger charge is -2.06. The van der Waals surface area contributed by atoms with Gasteiger partial charge in [0.05, 0.1) is 18.4 Å². The molecule has 0 atom stereocenters. The molecule has 0 aliphatic rings. The second kappa shape index (κ2) is 6.22. The van der Waals surface area contributed by atoms with Crippen molar-refractivity contribution in [1.29, 1.82) is 0 Å². The predicted molar refractivity (Wildman–Crippen MR) is 94.8 cm³/mol. The second-order valence-electron chi connectivity index (χ2n) is 5.64. The number of aromatic nitrogens is 2. The van der Waals surface area contributed by atoms with Crippen LogP contribution in [0.2, 0.25) is 0 Å². The van der Waals surface area contributed by atoms with E-state index in [2.05, 4.69) is 4.98 Å². The molecule has 6 heteroatoms. The van der Waals surface area contributed by atoms with Gasteiger partial charge < -0.3 is 0 Å². The van der Waals surface area contributed by atoms with Crippen LogP contribution in [-0.2, 0) is 6.54 Å². The maximum atomic E-state index is 13.1. The number of hydrogen-bond acceptors (Lipinski definition) is 3. The standard InChI is InChI=1S/C19H12F2N2OS/c20-14-5-1-12(2-6-14)9-23-11-22-17-16(10-25-18(17)19(23)24)13-3-7-15(21)8-4-13/h1-8,10-11H,9H2.